The highest BCUT2D eigenvalue weighted by Gasteiger charge is 2.36. The summed E-state index contributed by atoms with van der Waals surface area (Å²) in [4.78, 5) is 0.234. The van der Waals surface area contributed by atoms with E-state index in [9.17, 15) is 8.42 Å². The molecule has 0 spiro atoms. The van der Waals surface area contributed by atoms with E-state index in [-0.39, 0.29) is 16.9 Å². The summed E-state index contributed by atoms with van der Waals surface area (Å²) in [5, 5.41) is 0. The van der Waals surface area contributed by atoms with E-state index in [1.807, 2.05) is 0 Å². The van der Waals surface area contributed by atoms with Crippen LogP contribution >= 0.6 is 12.2 Å². The summed E-state index contributed by atoms with van der Waals surface area (Å²) in [5.41, 5.74) is 5.55. The molecule has 1 aliphatic carbocycles. The van der Waals surface area contributed by atoms with Gasteiger partial charge in [-0.25, -0.2) is 0 Å². The molecular weight excluding hydrogens is 246 g/mol. The van der Waals surface area contributed by atoms with Crippen LogP contribution in [-0.4, -0.2) is 36.8 Å². The Morgan fingerprint density at radius 1 is 1.50 bits per heavy atom. The van der Waals surface area contributed by atoms with Crippen molar-refractivity contribution in [2.75, 3.05) is 13.1 Å². The first-order valence-corrected chi connectivity index (χ1v) is 7.33. The molecule has 0 aromatic rings. The van der Waals surface area contributed by atoms with Crippen LogP contribution in [0.5, 0.6) is 0 Å². The third-order valence-corrected chi connectivity index (χ3v) is 4.72. The van der Waals surface area contributed by atoms with Gasteiger partial charge in [-0.15, -0.1) is 0 Å². The fraction of sp³-hybridized carbons (Fsp3) is 0.889. The highest BCUT2D eigenvalue weighted by atomic mass is 32.2. The Morgan fingerprint density at radius 2 is 2.00 bits per heavy atom. The van der Waals surface area contributed by atoms with Gasteiger partial charge in [-0.2, -0.15) is 17.4 Å². The minimum absolute atomic E-state index is 0.234. The SMILES string of the molecule is CCN(CC)S(=O)(=O)NC(C(N)=S)C1CC1. The van der Waals surface area contributed by atoms with Crippen LogP contribution in [0.2, 0.25) is 0 Å². The molecule has 0 saturated heterocycles. The summed E-state index contributed by atoms with van der Waals surface area (Å²) in [5.74, 6) is 0.280. The van der Waals surface area contributed by atoms with Gasteiger partial charge in [0.05, 0.1) is 11.0 Å². The predicted molar refractivity (Wildman–Crippen MR) is 68.3 cm³/mol. The van der Waals surface area contributed by atoms with Crippen molar-refractivity contribution in [1.82, 2.24) is 9.03 Å². The summed E-state index contributed by atoms with van der Waals surface area (Å²) in [6, 6.07) is -0.388. The molecule has 16 heavy (non-hydrogen) atoms. The Kier molecular flexibility index (Phi) is 4.66. The van der Waals surface area contributed by atoms with Crippen molar-refractivity contribution in [3.63, 3.8) is 0 Å². The average Bonchev–Trinajstić information content (AvgIpc) is 2.98. The molecule has 1 atom stereocenters. The molecule has 1 unspecified atom stereocenters. The lowest BCUT2D eigenvalue weighted by Gasteiger charge is -2.23. The second-order valence-electron chi connectivity index (χ2n) is 3.92. The number of thiocarbonyl (C=S) groups is 1. The van der Waals surface area contributed by atoms with E-state index < -0.39 is 10.2 Å². The van der Waals surface area contributed by atoms with E-state index in [2.05, 4.69) is 4.72 Å². The van der Waals surface area contributed by atoms with Gasteiger partial charge >= 0.3 is 0 Å². The molecular formula is C9H19N3O2S2. The van der Waals surface area contributed by atoms with Gasteiger partial charge in [0.2, 0.25) is 0 Å². The molecule has 0 heterocycles. The smallest absolute Gasteiger partial charge is 0.280 e. The van der Waals surface area contributed by atoms with Gasteiger partial charge in [0, 0.05) is 13.1 Å². The first-order valence-electron chi connectivity index (χ1n) is 5.49. The molecule has 1 fully saturated rings. The maximum absolute atomic E-state index is 11.9. The van der Waals surface area contributed by atoms with Crippen LogP contribution < -0.4 is 10.5 Å². The predicted octanol–water partition coefficient (Wildman–Crippen LogP) is 0.227. The van der Waals surface area contributed by atoms with Gasteiger partial charge in [0.25, 0.3) is 10.2 Å². The first-order chi connectivity index (χ1) is 7.42. The minimum atomic E-state index is -3.46. The molecule has 3 N–H and O–H groups in total. The molecule has 0 aliphatic heterocycles. The van der Waals surface area contributed by atoms with Crippen molar-refractivity contribution in [3.05, 3.63) is 0 Å². The summed E-state index contributed by atoms with van der Waals surface area (Å²) in [6.45, 7) is 4.49. The monoisotopic (exact) mass is 265 g/mol. The summed E-state index contributed by atoms with van der Waals surface area (Å²) >= 11 is 4.89. The van der Waals surface area contributed by atoms with Crippen molar-refractivity contribution in [1.29, 1.82) is 0 Å². The van der Waals surface area contributed by atoms with Crippen LogP contribution in [0.15, 0.2) is 0 Å². The quantitative estimate of drug-likeness (QED) is 0.646. The molecule has 94 valence electrons. The lowest BCUT2D eigenvalue weighted by molar-refractivity contribution is 0.429. The third-order valence-electron chi connectivity index (χ3n) is 2.72. The fourth-order valence-corrected chi connectivity index (χ4v) is 3.41. The number of nitrogens with one attached hydrogen (secondary N) is 1. The van der Waals surface area contributed by atoms with Crippen LogP contribution in [0.4, 0.5) is 0 Å². The Bertz CT molecular complexity index is 348. The lowest BCUT2D eigenvalue weighted by Crippen LogP contribution is -2.50. The van der Waals surface area contributed by atoms with Crippen LogP contribution in [0.25, 0.3) is 0 Å². The molecule has 0 bridgehead atoms. The molecule has 7 heteroatoms. The van der Waals surface area contributed by atoms with Crippen LogP contribution in [0, 0.1) is 5.92 Å². The van der Waals surface area contributed by atoms with Gasteiger partial charge < -0.3 is 5.73 Å². The van der Waals surface area contributed by atoms with Crippen molar-refractivity contribution >= 4 is 27.4 Å². The van der Waals surface area contributed by atoms with Crippen molar-refractivity contribution in [2.24, 2.45) is 11.7 Å². The average molecular weight is 265 g/mol. The standard InChI is InChI=1S/C9H19N3O2S2/c1-3-12(4-2)16(13,14)11-8(9(10)15)7-5-6-7/h7-8,11H,3-6H2,1-2H3,(H2,10,15). The normalized spacial score (nSPS) is 18.7. The van der Waals surface area contributed by atoms with Gasteiger partial charge in [0.1, 0.15) is 0 Å². The van der Waals surface area contributed by atoms with Gasteiger partial charge in [0.15, 0.2) is 0 Å². The topological polar surface area (TPSA) is 75.4 Å². The zero-order valence-corrected chi connectivity index (χ0v) is 11.3. The molecule has 0 amide bonds. The summed E-state index contributed by atoms with van der Waals surface area (Å²) in [6.07, 6.45) is 1.98. The van der Waals surface area contributed by atoms with E-state index in [1.165, 1.54) is 4.31 Å². The molecule has 0 aromatic heterocycles. The Morgan fingerprint density at radius 3 is 2.31 bits per heavy atom. The van der Waals surface area contributed by atoms with Gasteiger partial charge in [-0.3, -0.25) is 0 Å². The van der Waals surface area contributed by atoms with Gasteiger partial charge in [-0.1, -0.05) is 26.1 Å². The molecule has 0 aromatic carbocycles. The van der Waals surface area contributed by atoms with Crippen LogP contribution in [0.1, 0.15) is 26.7 Å². The van der Waals surface area contributed by atoms with E-state index in [1.54, 1.807) is 13.8 Å². The van der Waals surface area contributed by atoms with E-state index in [0.29, 0.717) is 13.1 Å². The van der Waals surface area contributed by atoms with Crippen molar-refractivity contribution in [3.8, 4) is 0 Å². The maximum Gasteiger partial charge on any atom is 0.280 e. The van der Waals surface area contributed by atoms with Crippen LogP contribution in [0.3, 0.4) is 0 Å². The number of hydrogen-bond acceptors (Lipinski definition) is 3. The van der Waals surface area contributed by atoms with Crippen LogP contribution in [-0.2, 0) is 10.2 Å². The fourth-order valence-electron chi connectivity index (χ4n) is 1.61. The Hall–Kier alpha value is -0.240. The summed E-state index contributed by atoms with van der Waals surface area (Å²) in [7, 11) is -3.46. The molecule has 0 radical (unpaired) electrons. The number of hydrogen-bond donors (Lipinski definition) is 2. The molecule has 1 aliphatic rings. The zero-order valence-electron chi connectivity index (χ0n) is 9.64. The molecule has 1 saturated carbocycles. The Labute approximate surface area is 103 Å². The highest BCUT2D eigenvalue weighted by molar-refractivity contribution is 7.87. The highest BCUT2D eigenvalue weighted by Crippen LogP contribution is 2.33. The summed E-state index contributed by atoms with van der Waals surface area (Å²) < 4.78 is 27.8. The molecule has 5 nitrogen and oxygen atoms in total. The third kappa shape index (κ3) is 3.38. The van der Waals surface area contributed by atoms with Crippen molar-refractivity contribution < 1.29 is 8.42 Å². The number of nitrogens with two attached hydrogens (primary N) is 1. The number of rotatable bonds is 7. The molecule has 1 rings (SSSR count). The Balaban J connectivity index is 2.72. The van der Waals surface area contributed by atoms with Crippen molar-refractivity contribution in [2.45, 2.75) is 32.7 Å². The van der Waals surface area contributed by atoms with E-state index >= 15 is 0 Å². The van der Waals surface area contributed by atoms with Gasteiger partial charge in [-0.05, 0) is 18.8 Å². The zero-order chi connectivity index (χ0) is 12.3. The second-order valence-corrected chi connectivity index (χ2v) is 6.10. The van der Waals surface area contributed by atoms with E-state index in [0.717, 1.165) is 12.8 Å². The maximum atomic E-state index is 11.9. The number of nitrogens with zero attached hydrogens (tertiary/aromatic N) is 1. The largest absolute Gasteiger partial charge is 0.392 e. The lowest BCUT2D eigenvalue weighted by atomic mass is 10.2. The minimum Gasteiger partial charge on any atom is -0.392 e. The second kappa shape index (κ2) is 5.39. The first kappa shape index (κ1) is 13.8. The van der Waals surface area contributed by atoms with E-state index in [4.69, 9.17) is 18.0 Å².